The smallest absolute Gasteiger partial charge is 0.119 e. The molecule has 1 saturated heterocycles. The first-order chi connectivity index (χ1) is 14.3. The second-order valence-electron chi connectivity index (χ2n) is 7.48. The van der Waals surface area contributed by atoms with Gasteiger partial charge in [0, 0.05) is 12.2 Å². The number of benzene rings is 2. The Hall–Kier alpha value is -2.63. The number of aromatic hydroxyl groups is 1. The van der Waals surface area contributed by atoms with Crippen LogP contribution >= 0.6 is 0 Å². The number of hydrogen-bond donors (Lipinski definition) is 2. The highest BCUT2D eigenvalue weighted by Gasteiger charge is 2.15. The number of nitrogens with one attached hydrogen (secondary N) is 1. The molecule has 152 valence electrons. The topological polar surface area (TPSA) is 63.1 Å². The second-order valence-corrected chi connectivity index (χ2v) is 7.48. The van der Waals surface area contributed by atoms with E-state index >= 15 is 0 Å². The molecule has 0 atom stereocenters. The number of nitrogens with zero attached hydrogens (tertiary/aromatic N) is 1. The van der Waals surface area contributed by atoms with Crippen LogP contribution in [-0.4, -0.2) is 43.2 Å². The van der Waals surface area contributed by atoms with Gasteiger partial charge in [0.05, 0.1) is 18.0 Å². The molecule has 5 nitrogen and oxygen atoms in total. The van der Waals surface area contributed by atoms with Crippen LogP contribution in [0.2, 0.25) is 0 Å². The molecule has 29 heavy (non-hydrogen) atoms. The fourth-order valence-electron chi connectivity index (χ4n) is 3.61. The van der Waals surface area contributed by atoms with E-state index in [1.807, 2.05) is 24.3 Å². The van der Waals surface area contributed by atoms with Crippen molar-refractivity contribution in [1.29, 1.82) is 0 Å². The summed E-state index contributed by atoms with van der Waals surface area (Å²) < 4.78 is 11.9. The van der Waals surface area contributed by atoms with Crippen LogP contribution in [0, 0.1) is 0 Å². The molecule has 0 unspecified atom stereocenters. The van der Waals surface area contributed by atoms with Gasteiger partial charge in [0.1, 0.15) is 17.6 Å². The molecule has 0 spiro atoms. The maximum absolute atomic E-state index is 9.58. The van der Waals surface area contributed by atoms with E-state index in [0.29, 0.717) is 19.3 Å². The molecule has 2 N–H and O–H groups in total. The molecule has 0 radical (unpaired) electrons. The van der Waals surface area contributed by atoms with Crippen molar-refractivity contribution in [3.05, 3.63) is 65.7 Å². The number of aliphatic imine (C=N–C) groups is 1. The molecule has 0 aliphatic carbocycles. The first kappa shape index (κ1) is 19.7. The summed E-state index contributed by atoms with van der Waals surface area (Å²) in [6.45, 7) is 3.21. The number of piperidine rings is 1. The minimum absolute atomic E-state index is 0.249. The third-order valence-corrected chi connectivity index (χ3v) is 5.26. The molecule has 5 heteroatoms. The molecule has 0 aromatic heterocycles. The fourth-order valence-corrected chi connectivity index (χ4v) is 3.61. The summed E-state index contributed by atoms with van der Waals surface area (Å²) in [5, 5.41) is 12.9. The van der Waals surface area contributed by atoms with Crippen LogP contribution in [0.15, 0.2) is 59.6 Å². The summed E-state index contributed by atoms with van der Waals surface area (Å²) in [5.41, 5.74) is 3.85. The number of rotatable bonds is 4. The zero-order valence-electron chi connectivity index (χ0n) is 16.6. The summed E-state index contributed by atoms with van der Waals surface area (Å²) in [7, 11) is 0. The van der Waals surface area contributed by atoms with Crippen molar-refractivity contribution in [2.24, 2.45) is 4.99 Å². The van der Waals surface area contributed by atoms with E-state index in [0.717, 1.165) is 67.1 Å². The maximum Gasteiger partial charge on any atom is 0.119 e. The lowest BCUT2D eigenvalue weighted by Gasteiger charge is -2.23. The van der Waals surface area contributed by atoms with Gasteiger partial charge in [-0.15, -0.1) is 0 Å². The summed E-state index contributed by atoms with van der Waals surface area (Å²) in [5.74, 6) is 1.16. The largest absolute Gasteiger partial charge is 0.508 e. The van der Waals surface area contributed by atoms with Gasteiger partial charge in [-0.2, -0.15) is 0 Å². The quantitative estimate of drug-likeness (QED) is 0.820. The molecule has 4 rings (SSSR count). The van der Waals surface area contributed by atoms with Crippen LogP contribution in [0.3, 0.4) is 0 Å². The Morgan fingerprint density at radius 2 is 1.69 bits per heavy atom. The van der Waals surface area contributed by atoms with Gasteiger partial charge in [-0.1, -0.05) is 6.08 Å². The summed E-state index contributed by atoms with van der Waals surface area (Å²) in [6, 6.07) is 15.4. The molecular weight excluding hydrogens is 364 g/mol. The van der Waals surface area contributed by atoms with E-state index in [9.17, 15) is 5.11 Å². The molecule has 0 saturated carbocycles. The van der Waals surface area contributed by atoms with E-state index in [1.54, 1.807) is 12.1 Å². The standard InChI is InChI=1S/C24H28N2O3/c27-20-8-4-19(5-9-20)24-17-28-16-2-1-3-23(26-24)18-6-10-21(11-7-18)29-22-12-14-25-15-13-22/h3-11,22,25,27H,1-2,12-17H2/b23-3+,26-24?. The molecule has 2 heterocycles. The van der Waals surface area contributed by atoms with Gasteiger partial charge < -0.3 is 19.9 Å². The lowest BCUT2D eigenvalue weighted by Crippen LogP contribution is -2.34. The van der Waals surface area contributed by atoms with Gasteiger partial charge in [-0.25, -0.2) is 0 Å². The highest BCUT2D eigenvalue weighted by atomic mass is 16.5. The van der Waals surface area contributed by atoms with Gasteiger partial charge in [0.25, 0.3) is 0 Å². The molecule has 2 aromatic carbocycles. The minimum atomic E-state index is 0.249. The monoisotopic (exact) mass is 392 g/mol. The number of ether oxygens (including phenoxy) is 2. The molecule has 1 fully saturated rings. The fraction of sp³-hybridized carbons (Fsp3) is 0.375. The van der Waals surface area contributed by atoms with E-state index in [1.165, 1.54) is 0 Å². The van der Waals surface area contributed by atoms with Crippen LogP contribution in [0.1, 0.15) is 36.8 Å². The van der Waals surface area contributed by atoms with Crippen LogP contribution in [0.5, 0.6) is 11.5 Å². The zero-order chi connectivity index (χ0) is 19.9. The van der Waals surface area contributed by atoms with Crippen LogP contribution < -0.4 is 10.1 Å². The first-order valence-corrected chi connectivity index (χ1v) is 10.4. The Morgan fingerprint density at radius 1 is 0.966 bits per heavy atom. The third-order valence-electron chi connectivity index (χ3n) is 5.26. The highest BCUT2D eigenvalue weighted by molar-refractivity contribution is 6.04. The van der Waals surface area contributed by atoms with Crippen LogP contribution in [0.25, 0.3) is 5.70 Å². The Kier molecular flexibility index (Phi) is 6.60. The van der Waals surface area contributed by atoms with Crippen molar-refractivity contribution in [3.63, 3.8) is 0 Å². The summed E-state index contributed by atoms with van der Waals surface area (Å²) in [4.78, 5) is 4.93. The third kappa shape index (κ3) is 5.46. The predicted octanol–water partition coefficient (Wildman–Crippen LogP) is 4.16. The Labute approximate surface area is 172 Å². The van der Waals surface area contributed by atoms with Gasteiger partial charge in [0.15, 0.2) is 0 Å². The zero-order valence-corrected chi connectivity index (χ0v) is 16.6. The first-order valence-electron chi connectivity index (χ1n) is 10.4. The predicted molar refractivity (Wildman–Crippen MR) is 116 cm³/mol. The van der Waals surface area contributed by atoms with Crippen LogP contribution in [-0.2, 0) is 4.74 Å². The van der Waals surface area contributed by atoms with E-state index in [2.05, 4.69) is 23.5 Å². The van der Waals surface area contributed by atoms with E-state index in [-0.39, 0.29) is 5.75 Å². The maximum atomic E-state index is 9.58. The van der Waals surface area contributed by atoms with E-state index < -0.39 is 0 Å². The summed E-state index contributed by atoms with van der Waals surface area (Å²) >= 11 is 0. The average molecular weight is 392 g/mol. The van der Waals surface area contributed by atoms with Gasteiger partial charge in [-0.05, 0) is 92.9 Å². The molecule has 2 aliphatic heterocycles. The lowest BCUT2D eigenvalue weighted by atomic mass is 10.1. The SMILES string of the molecule is Oc1ccc(C2=N/C(c3ccc(OC4CCNCC4)cc3)=C/CCCOC2)cc1. The van der Waals surface area contributed by atoms with Crippen molar-refractivity contribution in [2.45, 2.75) is 31.8 Å². The van der Waals surface area contributed by atoms with Crippen molar-refractivity contribution in [1.82, 2.24) is 5.32 Å². The molecule has 0 bridgehead atoms. The number of allylic oxidation sites excluding steroid dienone is 1. The molecule has 2 aromatic rings. The molecule has 2 aliphatic rings. The van der Waals surface area contributed by atoms with Crippen LogP contribution in [0.4, 0.5) is 0 Å². The van der Waals surface area contributed by atoms with Crippen molar-refractivity contribution in [2.75, 3.05) is 26.3 Å². The lowest BCUT2D eigenvalue weighted by molar-refractivity contribution is 0.162. The summed E-state index contributed by atoms with van der Waals surface area (Å²) in [6.07, 6.45) is 6.47. The van der Waals surface area contributed by atoms with Crippen molar-refractivity contribution in [3.8, 4) is 11.5 Å². The Morgan fingerprint density at radius 3 is 2.45 bits per heavy atom. The van der Waals surface area contributed by atoms with Gasteiger partial charge in [0.2, 0.25) is 0 Å². The van der Waals surface area contributed by atoms with Gasteiger partial charge >= 0.3 is 0 Å². The van der Waals surface area contributed by atoms with E-state index in [4.69, 9.17) is 14.5 Å². The number of phenols is 1. The minimum Gasteiger partial charge on any atom is -0.508 e. The Bertz CT molecular complexity index is 851. The molecule has 0 amide bonds. The normalized spacial score (nSPS) is 20.6. The molecular formula is C24H28N2O3. The number of phenolic OH excluding ortho intramolecular Hbond substituents is 1. The second kappa shape index (κ2) is 9.72. The van der Waals surface area contributed by atoms with Gasteiger partial charge in [-0.3, -0.25) is 4.99 Å². The Balaban J connectivity index is 1.55. The number of hydrogen-bond acceptors (Lipinski definition) is 5. The van der Waals surface area contributed by atoms with Crippen molar-refractivity contribution >= 4 is 11.4 Å². The average Bonchev–Trinajstić information content (AvgIpc) is 2.88. The highest BCUT2D eigenvalue weighted by Crippen LogP contribution is 2.24. The van der Waals surface area contributed by atoms with Crippen molar-refractivity contribution < 1.29 is 14.6 Å².